The molecule has 102 valence electrons. The van der Waals surface area contributed by atoms with Crippen LogP contribution in [-0.4, -0.2) is 20.2 Å². The monoisotopic (exact) mass is 267 g/mol. The Morgan fingerprint density at radius 1 is 1.20 bits per heavy atom. The summed E-state index contributed by atoms with van der Waals surface area (Å²) >= 11 is 0. The Kier molecular flexibility index (Phi) is 4.46. The van der Waals surface area contributed by atoms with Crippen LogP contribution in [0.2, 0.25) is 0 Å². The van der Waals surface area contributed by atoms with E-state index < -0.39 is 0 Å². The van der Waals surface area contributed by atoms with Crippen LogP contribution in [-0.2, 0) is 0 Å². The summed E-state index contributed by atoms with van der Waals surface area (Å²) in [5.74, 6) is 0.804. The van der Waals surface area contributed by atoms with Crippen LogP contribution >= 0.6 is 0 Å². The van der Waals surface area contributed by atoms with Gasteiger partial charge < -0.3 is 15.4 Å². The van der Waals surface area contributed by atoms with Crippen LogP contribution in [0.4, 0.5) is 11.4 Å². The SMILES string of the molecule is CN(CCOc1ccc(N)cc1)c1cccc(C#N)c1. The minimum Gasteiger partial charge on any atom is -0.492 e. The first-order valence-electron chi connectivity index (χ1n) is 6.38. The molecule has 2 N–H and O–H groups in total. The van der Waals surface area contributed by atoms with E-state index in [0.29, 0.717) is 12.2 Å². The number of nitrogens with two attached hydrogens (primary N) is 1. The summed E-state index contributed by atoms with van der Waals surface area (Å²) in [4.78, 5) is 2.05. The normalized spacial score (nSPS) is 9.80. The van der Waals surface area contributed by atoms with Gasteiger partial charge in [-0.2, -0.15) is 5.26 Å². The van der Waals surface area contributed by atoms with Gasteiger partial charge in [-0.15, -0.1) is 0 Å². The molecule has 2 rings (SSSR count). The Morgan fingerprint density at radius 2 is 1.95 bits per heavy atom. The molecule has 0 radical (unpaired) electrons. The van der Waals surface area contributed by atoms with Crippen LogP contribution in [0.1, 0.15) is 5.56 Å². The summed E-state index contributed by atoms with van der Waals surface area (Å²) in [5.41, 5.74) is 8.01. The number of anilines is 2. The van der Waals surface area contributed by atoms with Gasteiger partial charge in [0.15, 0.2) is 0 Å². The van der Waals surface area contributed by atoms with Crippen LogP contribution in [0.25, 0.3) is 0 Å². The first-order valence-corrected chi connectivity index (χ1v) is 6.38. The smallest absolute Gasteiger partial charge is 0.119 e. The van der Waals surface area contributed by atoms with E-state index in [-0.39, 0.29) is 0 Å². The largest absolute Gasteiger partial charge is 0.492 e. The van der Waals surface area contributed by atoms with Crippen LogP contribution < -0.4 is 15.4 Å². The molecule has 0 amide bonds. The van der Waals surface area contributed by atoms with Crippen molar-refractivity contribution in [3.05, 3.63) is 54.1 Å². The highest BCUT2D eigenvalue weighted by atomic mass is 16.5. The van der Waals surface area contributed by atoms with Crippen LogP contribution in [0.5, 0.6) is 5.75 Å². The fourth-order valence-corrected chi connectivity index (χ4v) is 1.81. The average Bonchev–Trinajstić information content (AvgIpc) is 2.49. The van der Waals surface area contributed by atoms with E-state index >= 15 is 0 Å². The molecule has 0 saturated carbocycles. The summed E-state index contributed by atoms with van der Waals surface area (Å²) in [5, 5.41) is 8.89. The molecular formula is C16H17N3O. The third-order valence-corrected chi connectivity index (χ3v) is 2.99. The van der Waals surface area contributed by atoms with Crippen LogP contribution in [0.15, 0.2) is 48.5 Å². The van der Waals surface area contributed by atoms with Gasteiger partial charge in [0, 0.05) is 18.4 Å². The van der Waals surface area contributed by atoms with Crippen molar-refractivity contribution in [3.8, 4) is 11.8 Å². The summed E-state index contributed by atoms with van der Waals surface area (Å²) in [6.45, 7) is 1.30. The molecule has 2 aromatic rings. The maximum Gasteiger partial charge on any atom is 0.119 e. The standard InChI is InChI=1S/C16H17N3O/c1-19(15-4-2-3-13(11-15)12-17)9-10-20-16-7-5-14(18)6-8-16/h2-8,11H,9-10,18H2,1H3. The van der Waals surface area contributed by atoms with E-state index in [1.807, 2.05) is 49.5 Å². The van der Waals surface area contributed by atoms with Gasteiger partial charge in [0.2, 0.25) is 0 Å². The topological polar surface area (TPSA) is 62.3 Å². The third-order valence-electron chi connectivity index (χ3n) is 2.99. The lowest BCUT2D eigenvalue weighted by molar-refractivity contribution is 0.326. The quantitative estimate of drug-likeness (QED) is 0.846. The molecule has 0 heterocycles. The van der Waals surface area contributed by atoms with Gasteiger partial charge in [0.25, 0.3) is 0 Å². The first kappa shape index (κ1) is 13.8. The van der Waals surface area contributed by atoms with E-state index in [9.17, 15) is 0 Å². The minimum absolute atomic E-state index is 0.567. The molecule has 0 fully saturated rings. The zero-order chi connectivity index (χ0) is 14.4. The minimum atomic E-state index is 0.567. The number of nitriles is 1. The van der Waals surface area contributed by atoms with Crippen molar-refractivity contribution in [3.63, 3.8) is 0 Å². The fraction of sp³-hybridized carbons (Fsp3) is 0.188. The molecule has 0 aliphatic heterocycles. The highest BCUT2D eigenvalue weighted by molar-refractivity contribution is 5.50. The van der Waals surface area contributed by atoms with Gasteiger partial charge in [-0.1, -0.05) is 6.07 Å². The fourth-order valence-electron chi connectivity index (χ4n) is 1.81. The van der Waals surface area contributed by atoms with Crippen molar-refractivity contribution >= 4 is 11.4 Å². The Balaban J connectivity index is 1.87. The summed E-state index contributed by atoms with van der Waals surface area (Å²) in [7, 11) is 1.98. The molecule has 0 saturated heterocycles. The van der Waals surface area contributed by atoms with Gasteiger partial charge in [-0.3, -0.25) is 0 Å². The van der Waals surface area contributed by atoms with E-state index in [4.69, 9.17) is 15.7 Å². The highest BCUT2D eigenvalue weighted by Gasteiger charge is 2.02. The van der Waals surface area contributed by atoms with Crippen molar-refractivity contribution in [2.45, 2.75) is 0 Å². The lowest BCUT2D eigenvalue weighted by Crippen LogP contribution is -2.23. The van der Waals surface area contributed by atoms with E-state index in [1.165, 1.54) is 0 Å². The van der Waals surface area contributed by atoms with Gasteiger partial charge in [-0.25, -0.2) is 0 Å². The molecule has 0 atom stereocenters. The van der Waals surface area contributed by atoms with Gasteiger partial charge in [0.1, 0.15) is 12.4 Å². The molecule has 0 spiro atoms. The number of nitrogens with zero attached hydrogens (tertiary/aromatic N) is 2. The molecule has 4 nitrogen and oxygen atoms in total. The molecule has 0 unspecified atom stereocenters. The van der Waals surface area contributed by atoms with Crippen molar-refractivity contribution in [2.24, 2.45) is 0 Å². The number of hydrogen-bond acceptors (Lipinski definition) is 4. The number of likely N-dealkylation sites (N-methyl/N-ethyl adjacent to an activating group) is 1. The van der Waals surface area contributed by atoms with Crippen molar-refractivity contribution in [1.29, 1.82) is 5.26 Å². The molecule has 20 heavy (non-hydrogen) atoms. The van der Waals surface area contributed by atoms with Crippen LogP contribution in [0, 0.1) is 11.3 Å². The Hall–Kier alpha value is -2.67. The van der Waals surface area contributed by atoms with E-state index in [2.05, 4.69) is 11.0 Å². The Labute approximate surface area is 119 Å². The summed E-state index contributed by atoms with van der Waals surface area (Å²) in [6, 6.07) is 17.0. The zero-order valence-electron chi connectivity index (χ0n) is 11.4. The van der Waals surface area contributed by atoms with Crippen molar-refractivity contribution in [1.82, 2.24) is 0 Å². The van der Waals surface area contributed by atoms with E-state index in [0.717, 1.165) is 23.7 Å². The number of rotatable bonds is 5. The summed E-state index contributed by atoms with van der Waals surface area (Å²) in [6.07, 6.45) is 0. The predicted molar refractivity (Wildman–Crippen MR) is 80.8 cm³/mol. The van der Waals surface area contributed by atoms with Crippen molar-refractivity contribution < 1.29 is 4.74 Å². The molecule has 0 aliphatic carbocycles. The first-order chi connectivity index (χ1) is 9.69. The van der Waals surface area contributed by atoms with Crippen molar-refractivity contribution in [2.75, 3.05) is 30.8 Å². The number of nitrogen functional groups attached to an aromatic ring is 1. The maximum absolute atomic E-state index is 8.89. The predicted octanol–water partition coefficient (Wildman–Crippen LogP) is 2.66. The molecule has 0 aliphatic rings. The lowest BCUT2D eigenvalue weighted by atomic mass is 10.2. The second-order valence-corrected chi connectivity index (χ2v) is 4.50. The molecule has 0 aromatic heterocycles. The Bertz CT molecular complexity index is 602. The second kappa shape index (κ2) is 6.48. The zero-order valence-corrected chi connectivity index (χ0v) is 11.4. The molecule has 2 aromatic carbocycles. The van der Waals surface area contributed by atoms with Gasteiger partial charge in [0.05, 0.1) is 18.2 Å². The highest BCUT2D eigenvalue weighted by Crippen LogP contribution is 2.15. The summed E-state index contributed by atoms with van der Waals surface area (Å²) < 4.78 is 5.65. The maximum atomic E-state index is 8.89. The Morgan fingerprint density at radius 3 is 2.65 bits per heavy atom. The number of ether oxygens (including phenoxy) is 1. The lowest BCUT2D eigenvalue weighted by Gasteiger charge is -2.19. The van der Waals surface area contributed by atoms with Gasteiger partial charge in [-0.05, 0) is 42.5 Å². The number of benzene rings is 2. The van der Waals surface area contributed by atoms with E-state index in [1.54, 1.807) is 6.07 Å². The third kappa shape index (κ3) is 3.66. The van der Waals surface area contributed by atoms with Crippen LogP contribution in [0.3, 0.4) is 0 Å². The average molecular weight is 267 g/mol. The molecular weight excluding hydrogens is 250 g/mol. The number of hydrogen-bond donors (Lipinski definition) is 1. The molecule has 4 heteroatoms. The van der Waals surface area contributed by atoms with Gasteiger partial charge >= 0.3 is 0 Å². The second-order valence-electron chi connectivity index (χ2n) is 4.50. The molecule has 0 bridgehead atoms.